The van der Waals surface area contributed by atoms with Crippen molar-refractivity contribution >= 4 is 34.0 Å². The Morgan fingerprint density at radius 2 is 2.11 bits per heavy atom. The number of anilines is 3. The number of amides is 1. The van der Waals surface area contributed by atoms with Crippen LogP contribution >= 0.6 is 0 Å². The van der Waals surface area contributed by atoms with Gasteiger partial charge in [-0.15, -0.1) is 0 Å². The number of nitrogens with zero attached hydrogens (tertiary/aromatic N) is 5. The first-order valence-corrected chi connectivity index (χ1v) is 12.7. The molecule has 1 fully saturated rings. The molecule has 11 heteroatoms. The van der Waals surface area contributed by atoms with Crippen molar-refractivity contribution in [2.75, 3.05) is 36.9 Å². The molecule has 2 aromatic carbocycles. The van der Waals surface area contributed by atoms with Crippen LogP contribution in [0.2, 0.25) is 0 Å². The Labute approximate surface area is 219 Å². The molecule has 1 amide bonds. The fourth-order valence-electron chi connectivity index (χ4n) is 4.63. The number of ether oxygens (including phenoxy) is 1. The number of para-hydroxylation sites is 1. The van der Waals surface area contributed by atoms with Crippen molar-refractivity contribution in [3.63, 3.8) is 0 Å². The molecular formula is C27H30FN7O3. The number of aliphatic hydroxyl groups excluding tert-OH is 1. The predicted molar refractivity (Wildman–Crippen MR) is 142 cm³/mol. The van der Waals surface area contributed by atoms with E-state index in [1.165, 1.54) is 23.1 Å². The molecule has 3 N–H and O–H groups in total. The topological polar surface area (TPSA) is 117 Å². The number of likely N-dealkylation sites (tertiary alicyclic amines) is 1. The van der Waals surface area contributed by atoms with Gasteiger partial charge in [0.25, 0.3) is 0 Å². The Morgan fingerprint density at radius 1 is 1.21 bits per heavy atom. The summed E-state index contributed by atoms with van der Waals surface area (Å²) in [4.78, 5) is 23.4. The average Bonchev–Trinajstić information content (AvgIpc) is 3.57. The minimum atomic E-state index is -0.494. The van der Waals surface area contributed by atoms with Gasteiger partial charge in [0.05, 0.1) is 36.3 Å². The number of aromatic nitrogens is 4. The lowest BCUT2D eigenvalue weighted by Gasteiger charge is -2.22. The summed E-state index contributed by atoms with van der Waals surface area (Å²) in [5, 5.41) is 20.2. The highest BCUT2D eigenvalue weighted by Gasteiger charge is 2.22. The smallest absolute Gasteiger partial charge is 0.246 e. The zero-order valence-corrected chi connectivity index (χ0v) is 20.9. The second-order valence-electron chi connectivity index (χ2n) is 9.20. The number of halogens is 1. The SMILES string of the molecule is O=C(Cn1cc(Nc2ncnc3cc(OCCCN4CCC[C@@H]4CO)ccc23)cn1)Nc1ccccc1F. The molecule has 1 aliphatic rings. The summed E-state index contributed by atoms with van der Waals surface area (Å²) in [6, 6.07) is 12.0. The number of carbonyl (C=O) groups excluding carboxylic acids is 1. The van der Waals surface area contributed by atoms with Gasteiger partial charge < -0.3 is 20.5 Å². The van der Waals surface area contributed by atoms with E-state index in [0.717, 1.165) is 49.0 Å². The highest BCUT2D eigenvalue weighted by Crippen LogP contribution is 2.26. The van der Waals surface area contributed by atoms with Crippen LogP contribution in [0.1, 0.15) is 19.3 Å². The molecule has 38 heavy (non-hydrogen) atoms. The van der Waals surface area contributed by atoms with Crippen LogP contribution in [-0.4, -0.2) is 68.0 Å². The largest absolute Gasteiger partial charge is 0.493 e. The molecule has 0 radical (unpaired) electrons. The Kier molecular flexibility index (Phi) is 8.05. The molecule has 198 valence electrons. The molecule has 1 aliphatic heterocycles. The first kappa shape index (κ1) is 25.6. The lowest BCUT2D eigenvalue weighted by molar-refractivity contribution is -0.116. The number of hydrogen-bond acceptors (Lipinski definition) is 8. The van der Waals surface area contributed by atoms with Crippen LogP contribution < -0.4 is 15.4 Å². The van der Waals surface area contributed by atoms with Crippen molar-refractivity contribution in [1.29, 1.82) is 0 Å². The van der Waals surface area contributed by atoms with E-state index in [0.29, 0.717) is 18.1 Å². The Morgan fingerprint density at radius 3 is 2.97 bits per heavy atom. The Bertz CT molecular complexity index is 1400. The average molecular weight is 520 g/mol. The summed E-state index contributed by atoms with van der Waals surface area (Å²) < 4.78 is 21.2. The van der Waals surface area contributed by atoms with Crippen LogP contribution in [0, 0.1) is 5.82 Å². The zero-order valence-electron chi connectivity index (χ0n) is 20.9. The zero-order chi connectivity index (χ0) is 26.3. The molecule has 0 aliphatic carbocycles. The van der Waals surface area contributed by atoms with E-state index in [1.54, 1.807) is 24.5 Å². The standard InChI is InChI=1S/C27H30FN7O3/c28-23-6-1-2-7-24(23)33-26(37)16-35-15-19(14-31-35)32-27-22-9-8-21(13-25(22)29-18-30-27)38-12-4-11-34-10-3-5-20(34)17-36/h1-2,6-9,13-15,18,20,36H,3-5,10-12,16-17H2,(H,33,37)(H,29,30,32)/t20-/m1/s1. The molecule has 0 bridgehead atoms. The van der Waals surface area contributed by atoms with Crippen LogP contribution in [0.3, 0.4) is 0 Å². The van der Waals surface area contributed by atoms with Crippen molar-refractivity contribution in [3.8, 4) is 5.75 Å². The second kappa shape index (κ2) is 12.0. The summed E-state index contributed by atoms with van der Waals surface area (Å²) in [6.45, 7) is 2.67. The number of aliphatic hydroxyl groups is 1. The number of rotatable bonds is 11. The van der Waals surface area contributed by atoms with E-state index in [1.807, 2.05) is 18.2 Å². The van der Waals surface area contributed by atoms with Crippen molar-refractivity contribution in [2.24, 2.45) is 0 Å². The first-order valence-electron chi connectivity index (χ1n) is 12.7. The third-order valence-corrected chi connectivity index (χ3v) is 6.53. The number of benzene rings is 2. The lowest BCUT2D eigenvalue weighted by Crippen LogP contribution is -2.33. The van der Waals surface area contributed by atoms with Gasteiger partial charge in [-0.05, 0) is 50.1 Å². The molecule has 10 nitrogen and oxygen atoms in total. The summed E-state index contributed by atoms with van der Waals surface area (Å²) >= 11 is 0. The molecule has 0 saturated carbocycles. The molecule has 5 rings (SSSR count). The van der Waals surface area contributed by atoms with Crippen LogP contribution in [0.4, 0.5) is 21.6 Å². The van der Waals surface area contributed by atoms with Gasteiger partial charge in [0.15, 0.2) is 0 Å². The quantitative estimate of drug-likeness (QED) is 0.258. The molecule has 1 atom stereocenters. The van der Waals surface area contributed by atoms with Crippen LogP contribution in [0.5, 0.6) is 5.75 Å². The van der Waals surface area contributed by atoms with E-state index < -0.39 is 11.7 Å². The van der Waals surface area contributed by atoms with Crippen molar-refractivity contribution in [3.05, 3.63) is 67.0 Å². The fourth-order valence-corrected chi connectivity index (χ4v) is 4.63. The molecule has 2 aromatic heterocycles. The monoisotopic (exact) mass is 519 g/mol. The van der Waals surface area contributed by atoms with Crippen LogP contribution in [0.25, 0.3) is 10.9 Å². The molecule has 3 heterocycles. The number of fused-ring (bicyclic) bond motifs is 1. The normalized spacial score (nSPS) is 15.6. The van der Waals surface area contributed by atoms with Gasteiger partial charge in [0.2, 0.25) is 5.91 Å². The van der Waals surface area contributed by atoms with E-state index in [-0.39, 0.29) is 24.9 Å². The van der Waals surface area contributed by atoms with E-state index in [2.05, 4.69) is 30.6 Å². The maximum atomic E-state index is 13.8. The second-order valence-corrected chi connectivity index (χ2v) is 9.20. The van der Waals surface area contributed by atoms with Gasteiger partial charge in [-0.2, -0.15) is 5.10 Å². The summed E-state index contributed by atoms with van der Waals surface area (Å²) in [5.74, 6) is 0.446. The minimum absolute atomic E-state index is 0.0698. The van der Waals surface area contributed by atoms with E-state index in [9.17, 15) is 14.3 Å². The molecule has 1 saturated heterocycles. The molecule has 4 aromatic rings. The third-order valence-electron chi connectivity index (χ3n) is 6.53. The maximum Gasteiger partial charge on any atom is 0.246 e. The first-order chi connectivity index (χ1) is 18.6. The minimum Gasteiger partial charge on any atom is -0.493 e. The van der Waals surface area contributed by atoms with Crippen molar-refractivity contribution in [2.45, 2.75) is 31.8 Å². The van der Waals surface area contributed by atoms with Gasteiger partial charge in [-0.1, -0.05) is 12.1 Å². The van der Waals surface area contributed by atoms with Gasteiger partial charge in [-0.3, -0.25) is 14.4 Å². The molecule has 0 unspecified atom stereocenters. The molecular weight excluding hydrogens is 489 g/mol. The number of hydrogen-bond donors (Lipinski definition) is 3. The third kappa shape index (κ3) is 6.24. The highest BCUT2D eigenvalue weighted by molar-refractivity contribution is 5.92. The summed E-state index contributed by atoms with van der Waals surface area (Å²) in [7, 11) is 0. The van der Waals surface area contributed by atoms with Gasteiger partial charge in [-0.25, -0.2) is 14.4 Å². The fraction of sp³-hybridized carbons (Fsp3) is 0.333. The number of carbonyl (C=O) groups is 1. The van der Waals surface area contributed by atoms with Crippen LogP contribution in [-0.2, 0) is 11.3 Å². The highest BCUT2D eigenvalue weighted by atomic mass is 19.1. The summed E-state index contributed by atoms with van der Waals surface area (Å²) in [6.07, 6.45) is 7.82. The maximum absolute atomic E-state index is 13.8. The van der Waals surface area contributed by atoms with E-state index in [4.69, 9.17) is 4.74 Å². The number of nitrogens with one attached hydrogen (secondary N) is 2. The van der Waals surface area contributed by atoms with Gasteiger partial charge >= 0.3 is 0 Å². The van der Waals surface area contributed by atoms with Gasteiger partial charge in [0.1, 0.15) is 30.3 Å². The Balaban J connectivity index is 1.16. The van der Waals surface area contributed by atoms with E-state index >= 15 is 0 Å². The van der Waals surface area contributed by atoms with Crippen LogP contribution in [0.15, 0.2) is 61.2 Å². The summed E-state index contributed by atoms with van der Waals surface area (Å²) in [5.41, 5.74) is 1.50. The lowest BCUT2D eigenvalue weighted by atomic mass is 10.2. The van der Waals surface area contributed by atoms with Crippen molar-refractivity contribution in [1.82, 2.24) is 24.6 Å². The predicted octanol–water partition coefficient (Wildman–Crippen LogP) is 3.57. The molecule has 0 spiro atoms. The van der Waals surface area contributed by atoms with Gasteiger partial charge in [0, 0.05) is 30.2 Å². The Hall–Kier alpha value is -4.09. The van der Waals surface area contributed by atoms with Crippen molar-refractivity contribution < 1.29 is 19.0 Å².